The van der Waals surface area contributed by atoms with Crippen LogP contribution in [-0.2, 0) is 4.79 Å². The highest BCUT2D eigenvalue weighted by atomic mass is 16.3. The fourth-order valence-electron chi connectivity index (χ4n) is 10.3. The lowest BCUT2D eigenvalue weighted by molar-refractivity contribution is -0.202. The minimum atomic E-state index is -0.184. The molecule has 0 aromatic carbocycles. The molecular weight excluding hydrogens is 392 g/mol. The van der Waals surface area contributed by atoms with E-state index in [1.807, 2.05) is 0 Å². The lowest BCUT2D eigenvalue weighted by Gasteiger charge is -2.71. The molecule has 2 nitrogen and oxygen atoms in total. The van der Waals surface area contributed by atoms with Crippen molar-refractivity contribution in [3.63, 3.8) is 0 Å². The molecule has 2 heteroatoms. The Labute approximate surface area is 197 Å². The first-order chi connectivity index (χ1) is 14.6. The Morgan fingerprint density at radius 1 is 0.875 bits per heavy atom. The second-order valence-corrected chi connectivity index (χ2v) is 15.1. The van der Waals surface area contributed by atoms with E-state index in [1.165, 1.54) is 25.7 Å². The van der Waals surface area contributed by atoms with E-state index in [0.717, 1.165) is 32.1 Å². The van der Waals surface area contributed by atoms with E-state index in [9.17, 15) is 9.90 Å². The average molecular weight is 441 g/mol. The summed E-state index contributed by atoms with van der Waals surface area (Å²) >= 11 is 0. The summed E-state index contributed by atoms with van der Waals surface area (Å²) < 4.78 is 0. The maximum Gasteiger partial charge on any atom is 0.140 e. The van der Waals surface area contributed by atoms with Crippen molar-refractivity contribution in [2.45, 2.75) is 119 Å². The molecule has 0 spiro atoms. The molecule has 0 amide bonds. The van der Waals surface area contributed by atoms with E-state index < -0.39 is 0 Å². The Hall–Kier alpha value is -0.630. The molecule has 32 heavy (non-hydrogen) atoms. The normalized spacial score (nSPS) is 53.9. The summed E-state index contributed by atoms with van der Waals surface area (Å²) in [4.78, 5) is 13.9. The van der Waals surface area contributed by atoms with Gasteiger partial charge in [-0.05, 0) is 90.8 Å². The Kier molecular flexibility index (Phi) is 4.71. The second-order valence-electron chi connectivity index (χ2n) is 15.1. The molecule has 4 saturated carbocycles. The Morgan fingerprint density at radius 2 is 1.56 bits per heavy atom. The predicted octanol–water partition coefficient (Wildman–Crippen LogP) is 7.35. The zero-order chi connectivity index (χ0) is 23.5. The van der Waals surface area contributed by atoms with Gasteiger partial charge in [0, 0.05) is 17.3 Å². The van der Waals surface area contributed by atoms with Crippen LogP contribution in [-0.4, -0.2) is 17.0 Å². The first-order valence-electron chi connectivity index (χ1n) is 13.5. The van der Waals surface area contributed by atoms with Crippen LogP contribution in [0, 0.1) is 50.2 Å². The molecule has 180 valence electrons. The van der Waals surface area contributed by atoms with Crippen molar-refractivity contribution in [2.75, 3.05) is 0 Å². The van der Waals surface area contributed by atoms with Gasteiger partial charge in [-0.3, -0.25) is 4.79 Å². The average Bonchev–Trinajstić information content (AvgIpc) is 2.68. The lowest BCUT2D eigenvalue weighted by Crippen LogP contribution is -2.65. The molecule has 5 rings (SSSR count). The summed E-state index contributed by atoms with van der Waals surface area (Å²) in [6.45, 7) is 19.4. The van der Waals surface area contributed by atoms with Gasteiger partial charge in [0.1, 0.15) is 5.78 Å². The van der Waals surface area contributed by atoms with E-state index in [2.05, 4.69) is 61.5 Å². The van der Waals surface area contributed by atoms with Crippen molar-refractivity contribution in [3.8, 4) is 0 Å². The fraction of sp³-hybridized carbons (Fsp3) is 0.900. The third kappa shape index (κ3) is 2.65. The van der Waals surface area contributed by atoms with Gasteiger partial charge in [0.25, 0.3) is 0 Å². The maximum absolute atomic E-state index is 13.9. The van der Waals surface area contributed by atoms with Crippen molar-refractivity contribution in [3.05, 3.63) is 11.6 Å². The number of allylic oxidation sites excluding steroid dienone is 2. The van der Waals surface area contributed by atoms with Gasteiger partial charge in [-0.25, -0.2) is 0 Å². The lowest BCUT2D eigenvalue weighted by atomic mass is 9.33. The zero-order valence-corrected chi connectivity index (χ0v) is 22.1. The van der Waals surface area contributed by atoms with Crippen molar-refractivity contribution in [1.82, 2.24) is 0 Å². The Bertz CT molecular complexity index is 866. The number of hydrogen-bond donors (Lipinski definition) is 1. The van der Waals surface area contributed by atoms with Crippen molar-refractivity contribution in [1.29, 1.82) is 0 Å². The fourth-order valence-corrected chi connectivity index (χ4v) is 10.3. The number of hydrogen-bond acceptors (Lipinski definition) is 2. The van der Waals surface area contributed by atoms with Crippen LogP contribution in [0.2, 0.25) is 0 Å². The molecule has 0 heterocycles. The molecule has 1 N–H and O–H groups in total. The van der Waals surface area contributed by atoms with E-state index in [-0.39, 0.29) is 33.2 Å². The number of fused-ring (bicyclic) bond motifs is 7. The van der Waals surface area contributed by atoms with Gasteiger partial charge in [0.15, 0.2) is 0 Å². The SMILES string of the molecule is CC1(C)CCC2(C)C(=O)CC3(C)C(=CCC4C5(C)CCC(O)C(C)(C)C5CCC43C)C2C1. The van der Waals surface area contributed by atoms with Crippen LogP contribution >= 0.6 is 0 Å². The predicted molar refractivity (Wildman–Crippen MR) is 131 cm³/mol. The van der Waals surface area contributed by atoms with Crippen molar-refractivity contribution < 1.29 is 9.90 Å². The van der Waals surface area contributed by atoms with Crippen LogP contribution in [0.5, 0.6) is 0 Å². The van der Waals surface area contributed by atoms with Crippen LogP contribution in [0.15, 0.2) is 11.6 Å². The highest BCUT2D eigenvalue weighted by molar-refractivity contribution is 5.88. The number of aliphatic hydroxyl groups is 1. The maximum atomic E-state index is 13.9. The Balaban J connectivity index is 1.61. The van der Waals surface area contributed by atoms with Gasteiger partial charge in [-0.2, -0.15) is 0 Å². The molecule has 4 fully saturated rings. The van der Waals surface area contributed by atoms with Crippen molar-refractivity contribution >= 4 is 5.78 Å². The van der Waals surface area contributed by atoms with Crippen molar-refractivity contribution in [2.24, 2.45) is 50.2 Å². The molecule has 8 atom stereocenters. The number of rotatable bonds is 0. The van der Waals surface area contributed by atoms with Gasteiger partial charge in [-0.1, -0.05) is 67.0 Å². The summed E-state index contributed by atoms with van der Waals surface area (Å²) in [6, 6.07) is 0. The van der Waals surface area contributed by atoms with Gasteiger partial charge in [0.05, 0.1) is 6.10 Å². The molecule has 0 saturated heterocycles. The number of aliphatic hydroxyl groups excluding tert-OH is 1. The van der Waals surface area contributed by atoms with E-state index in [0.29, 0.717) is 29.0 Å². The number of carbonyl (C=O) groups excluding carboxylic acids is 1. The van der Waals surface area contributed by atoms with Gasteiger partial charge < -0.3 is 5.11 Å². The molecule has 5 aliphatic rings. The van der Waals surface area contributed by atoms with E-state index in [4.69, 9.17) is 0 Å². The van der Waals surface area contributed by atoms with Gasteiger partial charge >= 0.3 is 0 Å². The third-order valence-electron chi connectivity index (χ3n) is 12.9. The zero-order valence-electron chi connectivity index (χ0n) is 22.1. The number of Topliss-reactive ketones (excluding diaryl/α,β-unsaturated/α-hetero) is 1. The minimum absolute atomic E-state index is 0.0151. The summed E-state index contributed by atoms with van der Waals surface area (Å²) in [7, 11) is 0. The van der Waals surface area contributed by atoms with Crippen LogP contribution < -0.4 is 0 Å². The number of carbonyl (C=O) groups is 1. The second kappa shape index (κ2) is 6.52. The van der Waals surface area contributed by atoms with Gasteiger partial charge in [0.2, 0.25) is 0 Å². The monoisotopic (exact) mass is 440 g/mol. The highest BCUT2D eigenvalue weighted by Crippen LogP contribution is 2.75. The van der Waals surface area contributed by atoms with Crippen LogP contribution in [0.1, 0.15) is 113 Å². The molecule has 0 bridgehead atoms. The largest absolute Gasteiger partial charge is 0.393 e. The van der Waals surface area contributed by atoms with E-state index >= 15 is 0 Å². The number of ketones is 1. The standard InChI is InChI=1S/C30H48O2/c1-25(2)15-16-27(5)20(17-25)19-9-10-22-28(6)13-12-23(31)26(3,4)21(28)11-14-29(22,7)30(19,8)18-24(27)32/h9,20-23,31H,10-18H2,1-8H3. The van der Waals surface area contributed by atoms with Crippen LogP contribution in [0.4, 0.5) is 0 Å². The molecular formula is C30H48O2. The smallest absolute Gasteiger partial charge is 0.140 e. The highest BCUT2D eigenvalue weighted by Gasteiger charge is 2.69. The van der Waals surface area contributed by atoms with Crippen LogP contribution in [0.25, 0.3) is 0 Å². The molecule has 0 aliphatic heterocycles. The topological polar surface area (TPSA) is 37.3 Å². The third-order valence-corrected chi connectivity index (χ3v) is 12.9. The van der Waals surface area contributed by atoms with Gasteiger partial charge in [-0.15, -0.1) is 0 Å². The summed E-state index contributed by atoms with van der Waals surface area (Å²) in [6.07, 6.45) is 12.2. The first-order valence-corrected chi connectivity index (χ1v) is 13.5. The summed E-state index contributed by atoms with van der Waals surface area (Å²) in [5.74, 6) is 2.13. The molecule has 0 aromatic rings. The summed E-state index contributed by atoms with van der Waals surface area (Å²) in [5, 5.41) is 10.9. The summed E-state index contributed by atoms with van der Waals surface area (Å²) in [5.41, 5.74) is 2.21. The first kappa shape index (κ1) is 23.1. The molecule has 0 radical (unpaired) electrons. The van der Waals surface area contributed by atoms with E-state index in [1.54, 1.807) is 5.57 Å². The van der Waals surface area contributed by atoms with Crippen LogP contribution in [0.3, 0.4) is 0 Å². The minimum Gasteiger partial charge on any atom is -0.393 e. The Morgan fingerprint density at radius 3 is 2.25 bits per heavy atom. The quantitative estimate of drug-likeness (QED) is 0.400. The molecule has 8 unspecified atom stereocenters. The molecule has 0 aromatic heterocycles. The molecule has 5 aliphatic carbocycles.